The van der Waals surface area contributed by atoms with Crippen molar-refractivity contribution in [1.82, 2.24) is 4.90 Å². The van der Waals surface area contributed by atoms with E-state index < -0.39 is 0 Å². The maximum atomic E-state index is 13.4. The number of halogens is 1. The third kappa shape index (κ3) is 3.39. The van der Waals surface area contributed by atoms with Crippen LogP contribution >= 0.6 is 0 Å². The number of nitrogens with two attached hydrogens (primary N) is 1. The van der Waals surface area contributed by atoms with E-state index in [0.717, 1.165) is 11.5 Å². The Hall–Kier alpha value is -0.930. The SMILES string of the molecule is Cc1cc(C(CN)N(C)C2CCC(C)CC2)ccc1F. The first-order chi connectivity index (χ1) is 9.52. The minimum Gasteiger partial charge on any atom is -0.329 e. The Bertz CT molecular complexity index is 439. The van der Waals surface area contributed by atoms with Gasteiger partial charge in [-0.05, 0) is 62.8 Å². The van der Waals surface area contributed by atoms with Crippen molar-refractivity contribution in [2.45, 2.75) is 51.6 Å². The van der Waals surface area contributed by atoms with E-state index in [9.17, 15) is 4.39 Å². The number of hydrogen-bond acceptors (Lipinski definition) is 2. The number of benzene rings is 1. The van der Waals surface area contributed by atoms with E-state index in [0.29, 0.717) is 18.2 Å². The second-order valence-electron chi connectivity index (χ2n) is 6.34. The quantitative estimate of drug-likeness (QED) is 0.911. The van der Waals surface area contributed by atoms with Gasteiger partial charge in [-0.3, -0.25) is 4.90 Å². The summed E-state index contributed by atoms with van der Waals surface area (Å²) in [5.41, 5.74) is 7.82. The predicted octanol–water partition coefficient (Wildman–Crippen LogP) is 3.64. The molecule has 1 aromatic rings. The minimum absolute atomic E-state index is 0.140. The van der Waals surface area contributed by atoms with E-state index in [1.54, 1.807) is 6.07 Å². The van der Waals surface area contributed by atoms with Crippen molar-refractivity contribution in [2.24, 2.45) is 11.7 Å². The van der Waals surface area contributed by atoms with Crippen molar-refractivity contribution in [3.05, 3.63) is 35.1 Å². The average molecular weight is 278 g/mol. The van der Waals surface area contributed by atoms with Gasteiger partial charge in [-0.15, -0.1) is 0 Å². The van der Waals surface area contributed by atoms with Crippen LogP contribution in [0.4, 0.5) is 4.39 Å². The third-order valence-electron chi connectivity index (χ3n) is 4.84. The van der Waals surface area contributed by atoms with Crippen molar-refractivity contribution >= 4 is 0 Å². The summed E-state index contributed by atoms with van der Waals surface area (Å²) >= 11 is 0. The Kier molecular flexibility index (Phi) is 5.17. The fourth-order valence-corrected chi connectivity index (χ4v) is 3.32. The van der Waals surface area contributed by atoms with E-state index >= 15 is 0 Å². The van der Waals surface area contributed by atoms with Crippen molar-refractivity contribution in [2.75, 3.05) is 13.6 Å². The molecule has 2 nitrogen and oxygen atoms in total. The molecule has 1 fully saturated rings. The fourth-order valence-electron chi connectivity index (χ4n) is 3.32. The zero-order chi connectivity index (χ0) is 14.7. The first-order valence-electron chi connectivity index (χ1n) is 7.71. The molecule has 1 aliphatic carbocycles. The molecule has 1 atom stereocenters. The number of hydrogen-bond donors (Lipinski definition) is 1. The van der Waals surface area contributed by atoms with Gasteiger partial charge < -0.3 is 5.73 Å². The van der Waals surface area contributed by atoms with Crippen LogP contribution in [0.25, 0.3) is 0 Å². The largest absolute Gasteiger partial charge is 0.329 e. The van der Waals surface area contributed by atoms with Crippen LogP contribution < -0.4 is 5.73 Å². The van der Waals surface area contributed by atoms with Crippen LogP contribution in [0.2, 0.25) is 0 Å². The molecule has 0 aromatic heterocycles. The molecule has 0 amide bonds. The molecule has 1 saturated carbocycles. The van der Waals surface area contributed by atoms with Crippen molar-refractivity contribution in [3.8, 4) is 0 Å². The highest BCUT2D eigenvalue weighted by Gasteiger charge is 2.26. The summed E-state index contributed by atoms with van der Waals surface area (Å²) < 4.78 is 13.4. The molecule has 2 N–H and O–H groups in total. The van der Waals surface area contributed by atoms with Gasteiger partial charge in [-0.1, -0.05) is 19.1 Å². The van der Waals surface area contributed by atoms with Gasteiger partial charge in [-0.25, -0.2) is 4.39 Å². The van der Waals surface area contributed by atoms with Gasteiger partial charge in [0.1, 0.15) is 5.82 Å². The highest BCUT2D eigenvalue weighted by atomic mass is 19.1. The van der Waals surface area contributed by atoms with Crippen LogP contribution in [0, 0.1) is 18.7 Å². The minimum atomic E-state index is -0.140. The van der Waals surface area contributed by atoms with Gasteiger partial charge in [-0.2, -0.15) is 0 Å². The summed E-state index contributed by atoms with van der Waals surface area (Å²) in [5.74, 6) is 0.711. The van der Waals surface area contributed by atoms with Gasteiger partial charge in [0, 0.05) is 18.6 Å². The number of aryl methyl sites for hydroxylation is 1. The number of nitrogens with zero attached hydrogens (tertiary/aromatic N) is 1. The molecule has 0 radical (unpaired) electrons. The van der Waals surface area contributed by atoms with Crippen LogP contribution in [0.3, 0.4) is 0 Å². The molecule has 0 heterocycles. The van der Waals surface area contributed by atoms with E-state index in [2.05, 4.69) is 18.9 Å². The lowest BCUT2D eigenvalue weighted by molar-refractivity contribution is 0.126. The Morgan fingerprint density at radius 1 is 1.30 bits per heavy atom. The van der Waals surface area contributed by atoms with Gasteiger partial charge in [0.15, 0.2) is 0 Å². The number of rotatable bonds is 4. The molecule has 3 heteroatoms. The zero-order valence-electron chi connectivity index (χ0n) is 12.9. The van der Waals surface area contributed by atoms with E-state index in [1.165, 1.54) is 25.7 Å². The van der Waals surface area contributed by atoms with Crippen LogP contribution in [0.15, 0.2) is 18.2 Å². The van der Waals surface area contributed by atoms with Crippen molar-refractivity contribution < 1.29 is 4.39 Å². The summed E-state index contributed by atoms with van der Waals surface area (Å²) in [6.45, 7) is 4.72. The second kappa shape index (κ2) is 6.68. The Morgan fingerprint density at radius 3 is 2.50 bits per heavy atom. The topological polar surface area (TPSA) is 29.3 Å². The van der Waals surface area contributed by atoms with Crippen LogP contribution in [-0.2, 0) is 0 Å². The maximum absolute atomic E-state index is 13.4. The molecule has 112 valence electrons. The van der Waals surface area contributed by atoms with Crippen LogP contribution in [0.1, 0.15) is 49.8 Å². The standard InChI is InChI=1S/C17H27FN2/c1-12-4-7-15(8-5-12)20(3)17(11-19)14-6-9-16(18)13(2)10-14/h6,9-10,12,15,17H,4-5,7-8,11,19H2,1-3H3. The summed E-state index contributed by atoms with van der Waals surface area (Å²) in [7, 11) is 2.16. The Morgan fingerprint density at radius 2 is 1.95 bits per heavy atom. The Labute approximate surface area is 122 Å². The molecule has 0 spiro atoms. The molecular formula is C17H27FN2. The molecule has 0 aliphatic heterocycles. The van der Waals surface area contributed by atoms with Gasteiger partial charge in [0.05, 0.1) is 0 Å². The number of likely N-dealkylation sites (N-methyl/N-ethyl adjacent to an activating group) is 1. The fraction of sp³-hybridized carbons (Fsp3) is 0.647. The third-order valence-corrected chi connectivity index (χ3v) is 4.84. The Balaban J connectivity index is 2.12. The lowest BCUT2D eigenvalue weighted by atomic mass is 9.86. The maximum Gasteiger partial charge on any atom is 0.126 e. The lowest BCUT2D eigenvalue weighted by Crippen LogP contribution is -2.40. The van der Waals surface area contributed by atoms with E-state index in [1.807, 2.05) is 19.1 Å². The summed E-state index contributed by atoms with van der Waals surface area (Å²) in [4.78, 5) is 2.40. The molecule has 1 aliphatic rings. The van der Waals surface area contributed by atoms with E-state index in [-0.39, 0.29) is 11.9 Å². The summed E-state index contributed by atoms with van der Waals surface area (Å²) in [6.07, 6.45) is 5.09. The van der Waals surface area contributed by atoms with Gasteiger partial charge in [0.25, 0.3) is 0 Å². The zero-order valence-corrected chi connectivity index (χ0v) is 12.9. The molecule has 20 heavy (non-hydrogen) atoms. The average Bonchev–Trinajstić information content (AvgIpc) is 2.44. The smallest absolute Gasteiger partial charge is 0.126 e. The lowest BCUT2D eigenvalue weighted by Gasteiger charge is -2.38. The summed E-state index contributed by atoms with van der Waals surface area (Å²) in [5, 5.41) is 0. The molecule has 1 unspecified atom stereocenters. The van der Waals surface area contributed by atoms with Crippen LogP contribution in [-0.4, -0.2) is 24.5 Å². The second-order valence-corrected chi connectivity index (χ2v) is 6.34. The van der Waals surface area contributed by atoms with Crippen LogP contribution in [0.5, 0.6) is 0 Å². The first kappa shape index (κ1) is 15.5. The monoisotopic (exact) mass is 278 g/mol. The highest BCUT2D eigenvalue weighted by Crippen LogP contribution is 2.31. The molecule has 0 bridgehead atoms. The normalized spacial score (nSPS) is 24.9. The van der Waals surface area contributed by atoms with Crippen molar-refractivity contribution in [3.63, 3.8) is 0 Å². The predicted molar refractivity (Wildman–Crippen MR) is 82.1 cm³/mol. The molecule has 0 saturated heterocycles. The van der Waals surface area contributed by atoms with Gasteiger partial charge in [0.2, 0.25) is 0 Å². The molecule has 2 rings (SSSR count). The summed E-state index contributed by atoms with van der Waals surface area (Å²) in [6, 6.07) is 6.17. The molecular weight excluding hydrogens is 251 g/mol. The van der Waals surface area contributed by atoms with E-state index in [4.69, 9.17) is 5.73 Å². The highest BCUT2D eigenvalue weighted by molar-refractivity contribution is 5.27. The molecule has 1 aromatic carbocycles. The first-order valence-corrected chi connectivity index (χ1v) is 7.71. The van der Waals surface area contributed by atoms with Gasteiger partial charge >= 0.3 is 0 Å². The van der Waals surface area contributed by atoms with Crippen molar-refractivity contribution in [1.29, 1.82) is 0 Å².